The summed E-state index contributed by atoms with van der Waals surface area (Å²) in [6.07, 6.45) is 3.70. The Hall–Kier alpha value is -3.05. The molecule has 0 aliphatic carbocycles. The van der Waals surface area contributed by atoms with Crippen LogP contribution in [0.3, 0.4) is 0 Å². The number of carbonyl (C=O) groups excluding carboxylic acids is 1. The molecule has 0 unspecified atom stereocenters. The third-order valence-corrected chi connectivity index (χ3v) is 6.67. The highest BCUT2D eigenvalue weighted by molar-refractivity contribution is 7.92. The zero-order valence-electron chi connectivity index (χ0n) is 17.1. The first kappa shape index (κ1) is 21.7. The van der Waals surface area contributed by atoms with E-state index in [1.165, 1.54) is 13.2 Å². The van der Waals surface area contributed by atoms with Crippen molar-refractivity contribution in [1.82, 2.24) is 0 Å². The molecule has 0 amide bonds. The molecule has 1 aliphatic rings. The van der Waals surface area contributed by atoms with Gasteiger partial charge in [0.2, 0.25) is 0 Å². The second-order valence-electron chi connectivity index (χ2n) is 7.16. The molecule has 2 aromatic rings. The third kappa shape index (κ3) is 4.57. The molecular formula is C22H25N3O4S. The lowest BCUT2D eigenvalue weighted by molar-refractivity contribution is 0.0600. The van der Waals surface area contributed by atoms with Crippen LogP contribution < -0.4 is 9.62 Å². The summed E-state index contributed by atoms with van der Waals surface area (Å²) in [5, 5.41) is 9.29. The maximum atomic E-state index is 13.3. The highest BCUT2D eigenvalue weighted by Crippen LogP contribution is 2.32. The minimum Gasteiger partial charge on any atom is -0.465 e. The fourth-order valence-electron chi connectivity index (χ4n) is 3.64. The first-order valence-electron chi connectivity index (χ1n) is 9.92. The van der Waals surface area contributed by atoms with Crippen LogP contribution in [0.4, 0.5) is 11.4 Å². The fourth-order valence-corrected chi connectivity index (χ4v) is 5.04. The van der Waals surface area contributed by atoms with Crippen LogP contribution in [0.1, 0.15) is 47.7 Å². The fraction of sp³-hybridized carbons (Fsp3) is 0.364. The number of carbonyl (C=O) groups is 1. The number of hydrogen-bond donors (Lipinski definition) is 1. The maximum Gasteiger partial charge on any atom is 0.337 e. The SMILES string of the molecule is CCc1ccc(C(=O)OC)cc1S(=O)(=O)Nc1cc(C#N)ccc1N1CCCCC1. The zero-order chi connectivity index (χ0) is 21.7. The third-order valence-electron chi connectivity index (χ3n) is 5.23. The van der Waals surface area contributed by atoms with Crippen molar-refractivity contribution in [2.75, 3.05) is 29.8 Å². The molecule has 158 valence electrons. The van der Waals surface area contributed by atoms with E-state index in [1.54, 1.807) is 30.3 Å². The number of nitriles is 1. The predicted molar refractivity (Wildman–Crippen MR) is 115 cm³/mol. The van der Waals surface area contributed by atoms with Gasteiger partial charge in [0.05, 0.1) is 40.6 Å². The molecule has 30 heavy (non-hydrogen) atoms. The number of sulfonamides is 1. The van der Waals surface area contributed by atoms with Gasteiger partial charge in [0.15, 0.2) is 0 Å². The first-order valence-corrected chi connectivity index (χ1v) is 11.4. The number of methoxy groups -OCH3 is 1. The molecule has 0 atom stereocenters. The summed E-state index contributed by atoms with van der Waals surface area (Å²) in [7, 11) is -2.75. The summed E-state index contributed by atoms with van der Waals surface area (Å²) in [5.74, 6) is -0.602. The van der Waals surface area contributed by atoms with E-state index in [-0.39, 0.29) is 10.5 Å². The van der Waals surface area contributed by atoms with E-state index in [0.29, 0.717) is 23.2 Å². The molecule has 0 saturated carbocycles. The largest absolute Gasteiger partial charge is 0.465 e. The zero-order valence-corrected chi connectivity index (χ0v) is 18.0. The number of ether oxygens (including phenoxy) is 1. The second-order valence-corrected chi connectivity index (χ2v) is 8.82. The Balaban J connectivity index is 2.05. The van der Waals surface area contributed by atoms with Crippen LogP contribution in [0.15, 0.2) is 41.3 Å². The van der Waals surface area contributed by atoms with Crippen LogP contribution in [0.25, 0.3) is 0 Å². The Morgan fingerprint density at radius 2 is 1.90 bits per heavy atom. The predicted octanol–water partition coefficient (Wildman–Crippen LogP) is 3.70. The van der Waals surface area contributed by atoms with Crippen LogP contribution >= 0.6 is 0 Å². The van der Waals surface area contributed by atoms with E-state index in [1.807, 2.05) is 6.92 Å². The summed E-state index contributed by atoms with van der Waals surface area (Å²) < 4.78 is 34.0. The lowest BCUT2D eigenvalue weighted by atomic mass is 10.1. The van der Waals surface area contributed by atoms with Crippen molar-refractivity contribution in [3.8, 4) is 6.07 Å². The van der Waals surface area contributed by atoms with Gasteiger partial charge in [0.1, 0.15) is 0 Å². The van der Waals surface area contributed by atoms with Gasteiger partial charge in [0, 0.05) is 13.1 Å². The summed E-state index contributed by atoms with van der Waals surface area (Å²) in [6, 6.07) is 11.6. The van der Waals surface area contributed by atoms with Gasteiger partial charge in [-0.1, -0.05) is 13.0 Å². The van der Waals surface area contributed by atoms with Crippen molar-refractivity contribution in [2.24, 2.45) is 0 Å². The number of anilines is 2. The van der Waals surface area contributed by atoms with Crippen LogP contribution in [0.2, 0.25) is 0 Å². The van der Waals surface area contributed by atoms with Crippen molar-refractivity contribution >= 4 is 27.4 Å². The van der Waals surface area contributed by atoms with Crippen LogP contribution in [-0.4, -0.2) is 34.6 Å². The molecule has 2 aromatic carbocycles. The normalized spacial score (nSPS) is 14.1. The van der Waals surface area contributed by atoms with Crippen molar-refractivity contribution in [1.29, 1.82) is 5.26 Å². The molecule has 1 aliphatic heterocycles. The first-order chi connectivity index (χ1) is 14.4. The number of piperidine rings is 1. The number of aryl methyl sites for hydroxylation is 1. The minimum absolute atomic E-state index is 0.0276. The van der Waals surface area contributed by atoms with Crippen LogP contribution in [0, 0.1) is 11.3 Å². The molecule has 3 rings (SSSR count). The molecule has 0 bridgehead atoms. The Kier molecular flexibility index (Phi) is 6.63. The van der Waals surface area contributed by atoms with Gasteiger partial charge in [-0.2, -0.15) is 5.26 Å². The smallest absolute Gasteiger partial charge is 0.337 e. The molecule has 1 N–H and O–H groups in total. The maximum absolute atomic E-state index is 13.3. The Labute approximate surface area is 177 Å². The number of hydrogen-bond acceptors (Lipinski definition) is 6. The lowest BCUT2D eigenvalue weighted by Gasteiger charge is -2.30. The number of benzene rings is 2. The van der Waals surface area contributed by atoms with Gasteiger partial charge in [-0.05, 0) is 61.6 Å². The van der Waals surface area contributed by atoms with Gasteiger partial charge < -0.3 is 9.64 Å². The molecule has 0 spiro atoms. The van der Waals surface area contributed by atoms with E-state index in [0.717, 1.165) is 38.0 Å². The minimum atomic E-state index is -4.00. The van der Waals surface area contributed by atoms with E-state index in [2.05, 4.69) is 15.7 Å². The second kappa shape index (κ2) is 9.18. The number of rotatable bonds is 6. The average molecular weight is 428 g/mol. The van der Waals surface area contributed by atoms with E-state index in [9.17, 15) is 18.5 Å². The van der Waals surface area contributed by atoms with Gasteiger partial charge in [0.25, 0.3) is 10.0 Å². The summed E-state index contributed by atoms with van der Waals surface area (Å²) in [6.45, 7) is 3.51. The number of nitrogens with one attached hydrogen (secondary N) is 1. The number of esters is 1. The van der Waals surface area contributed by atoms with Gasteiger partial charge in [-0.15, -0.1) is 0 Å². The van der Waals surface area contributed by atoms with Gasteiger partial charge in [-0.25, -0.2) is 13.2 Å². The standard InChI is InChI=1S/C22H25N3O4S/c1-3-17-8-9-18(22(26)29-2)14-21(17)30(27,28)24-19-13-16(15-23)7-10-20(19)25-11-5-4-6-12-25/h7-10,13-14,24H,3-6,11-12H2,1-2H3. The highest BCUT2D eigenvalue weighted by atomic mass is 32.2. The van der Waals surface area contributed by atoms with Crippen LogP contribution in [-0.2, 0) is 21.2 Å². The van der Waals surface area contributed by atoms with E-state index < -0.39 is 16.0 Å². The summed E-state index contributed by atoms with van der Waals surface area (Å²) in [4.78, 5) is 14.1. The van der Waals surface area contributed by atoms with Gasteiger partial charge in [-0.3, -0.25) is 4.72 Å². The molecule has 1 fully saturated rings. The average Bonchev–Trinajstić information content (AvgIpc) is 2.78. The Bertz CT molecular complexity index is 1080. The highest BCUT2D eigenvalue weighted by Gasteiger charge is 2.23. The van der Waals surface area contributed by atoms with Crippen molar-refractivity contribution in [3.63, 3.8) is 0 Å². The molecule has 8 heteroatoms. The summed E-state index contributed by atoms with van der Waals surface area (Å²) >= 11 is 0. The molecule has 1 heterocycles. The van der Waals surface area contributed by atoms with E-state index in [4.69, 9.17) is 4.74 Å². The Morgan fingerprint density at radius 1 is 1.17 bits per heavy atom. The van der Waals surface area contributed by atoms with Crippen molar-refractivity contribution < 1.29 is 17.9 Å². The topological polar surface area (TPSA) is 99.5 Å². The Morgan fingerprint density at radius 3 is 2.53 bits per heavy atom. The van der Waals surface area contributed by atoms with E-state index >= 15 is 0 Å². The monoisotopic (exact) mass is 427 g/mol. The quantitative estimate of drug-likeness (QED) is 0.706. The molecule has 0 radical (unpaired) electrons. The van der Waals surface area contributed by atoms with Gasteiger partial charge >= 0.3 is 5.97 Å². The van der Waals surface area contributed by atoms with Crippen molar-refractivity contribution in [3.05, 3.63) is 53.1 Å². The summed E-state index contributed by atoms with van der Waals surface area (Å²) in [5.41, 5.74) is 2.23. The number of nitrogens with zero attached hydrogens (tertiary/aromatic N) is 2. The lowest BCUT2D eigenvalue weighted by Crippen LogP contribution is -2.30. The molecule has 7 nitrogen and oxygen atoms in total. The molecule has 0 aromatic heterocycles. The van der Waals surface area contributed by atoms with Crippen LogP contribution in [0.5, 0.6) is 0 Å². The van der Waals surface area contributed by atoms with Crippen molar-refractivity contribution in [2.45, 2.75) is 37.5 Å². The molecule has 1 saturated heterocycles. The molecular weight excluding hydrogens is 402 g/mol.